The minimum atomic E-state index is -0.416. The third-order valence-electron chi connectivity index (χ3n) is 4.59. The van der Waals surface area contributed by atoms with E-state index in [0.717, 1.165) is 29.0 Å². The van der Waals surface area contributed by atoms with Crippen molar-refractivity contribution in [1.29, 1.82) is 0 Å². The molecule has 0 bridgehead atoms. The molecule has 0 saturated carbocycles. The predicted octanol–water partition coefficient (Wildman–Crippen LogP) is 3.51. The summed E-state index contributed by atoms with van der Waals surface area (Å²) in [5, 5.41) is 3.89. The number of hydrazine groups is 1. The first kappa shape index (κ1) is 20.1. The molecule has 1 aromatic heterocycles. The summed E-state index contributed by atoms with van der Waals surface area (Å²) in [4.78, 5) is 24.4. The molecule has 0 aliphatic rings. The molecule has 0 radical (unpaired) electrons. The normalized spacial score (nSPS) is 10.4. The molecule has 0 saturated heterocycles. The smallest absolute Gasteiger partial charge is 0.269 e. The standard InChI is InChI=1S/C22H23N3O4/c1-4-16-5-7-17(8-6-16)21(26)23-24-22(27)18-9-11-19(12-10-18)28-13-20-14(2)25-29-15(20)3/h5-12H,4,13H2,1-3H3,(H,23,26)(H,24,27). The molecule has 7 nitrogen and oxygen atoms in total. The summed E-state index contributed by atoms with van der Waals surface area (Å²) >= 11 is 0. The Labute approximate surface area is 169 Å². The van der Waals surface area contributed by atoms with E-state index >= 15 is 0 Å². The topological polar surface area (TPSA) is 93.5 Å². The van der Waals surface area contributed by atoms with Crippen LogP contribution in [0, 0.1) is 13.8 Å². The second-order valence-electron chi connectivity index (χ2n) is 6.57. The van der Waals surface area contributed by atoms with Gasteiger partial charge >= 0.3 is 0 Å². The van der Waals surface area contributed by atoms with Gasteiger partial charge in [0.05, 0.1) is 11.3 Å². The average Bonchev–Trinajstić information content (AvgIpc) is 3.08. The van der Waals surface area contributed by atoms with Gasteiger partial charge in [-0.3, -0.25) is 20.4 Å². The molecule has 3 aromatic rings. The molecule has 0 fully saturated rings. The number of hydrogen-bond donors (Lipinski definition) is 2. The Bertz CT molecular complexity index is 972. The quantitative estimate of drug-likeness (QED) is 0.625. The van der Waals surface area contributed by atoms with Crippen LogP contribution in [-0.4, -0.2) is 17.0 Å². The van der Waals surface area contributed by atoms with Crippen molar-refractivity contribution < 1.29 is 18.8 Å². The summed E-state index contributed by atoms with van der Waals surface area (Å²) in [7, 11) is 0. The molecule has 3 rings (SSSR count). The van der Waals surface area contributed by atoms with E-state index in [-0.39, 0.29) is 5.91 Å². The van der Waals surface area contributed by atoms with Gasteiger partial charge in [0.15, 0.2) is 0 Å². The number of nitrogens with zero attached hydrogens (tertiary/aromatic N) is 1. The lowest BCUT2D eigenvalue weighted by Gasteiger charge is -2.09. The molecule has 150 valence electrons. The van der Waals surface area contributed by atoms with Gasteiger partial charge in [0.25, 0.3) is 11.8 Å². The maximum absolute atomic E-state index is 12.2. The van der Waals surface area contributed by atoms with Crippen molar-refractivity contribution >= 4 is 11.8 Å². The highest BCUT2D eigenvalue weighted by molar-refractivity contribution is 5.99. The van der Waals surface area contributed by atoms with Crippen LogP contribution in [0.4, 0.5) is 0 Å². The molecule has 2 amide bonds. The van der Waals surface area contributed by atoms with Crippen LogP contribution >= 0.6 is 0 Å². The van der Waals surface area contributed by atoms with Crippen molar-refractivity contribution in [3.05, 3.63) is 82.2 Å². The fourth-order valence-electron chi connectivity index (χ4n) is 2.72. The van der Waals surface area contributed by atoms with Crippen molar-refractivity contribution in [3.8, 4) is 5.75 Å². The first-order valence-corrected chi connectivity index (χ1v) is 9.32. The number of nitrogens with one attached hydrogen (secondary N) is 2. The average molecular weight is 393 g/mol. The Hall–Kier alpha value is -3.61. The minimum absolute atomic E-state index is 0.333. The Morgan fingerprint density at radius 3 is 1.97 bits per heavy atom. The Morgan fingerprint density at radius 2 is 1.48 bits per heavy atom. The van der Waals surface area contributed by atoms with Crippen molar-refractivity contribution in [2.24, 2.45) is 0 Å². The molecular weight excluding hydrogens is 370 g/mol. The molecule has 29 heavy (non-hydrogen) atoms. The largest absolute Gasteiger partial charge is 0.489 e. The molecule has 0 aliphatic heterocycles. The van der Waals surface area contributed by atoms with Gasteiger partial charge in [0.2, 0.25) is 0 Å². The molecule has 0 unspecified atom stereocenters. The van der Waals surface area contributed by atoms with Crippen LogP contribution in [0.5, 0.6) is 5.75 Å². The molecule has 0 aliphatic carbocycles. The second kappa shape index (κ2) is 9.05. The van der Waals surface area contributed by atoms with E-state index in [9.17, 15) is 9.59 Å². The highest BCUT2D eigenvalue weighted by Crippen LogP contribution is 2.18. The lowest BCUT2D eigenvalue weighted by molar-refractivity contribution is 0.0846. The highest BCUT2D eigenvalue weighted by Gasteiger charge is 2.11. The van der Waals surface area contributed by atoms with E-state index in [1.165, 1.54) is 0 Å². The van der Waals surface area contributed by atoms with Gasteiger partial charge in [-0.2, -0.15) is 0 Å². The van der Waals surface area contributed by atoms with Gasteiger partial charge < -0.3 is 9.26 Å². The number of carbonyl (C=O) groups is 2. The number of ether oxygens (including phenoxy) is 1. The first-order valence-electron chi connectivity index (χ1n) is 9.32. The van der Waals surface area contributed by atoms with Crippen LogP contribution < -0.4 is 15.6 Å². The van der Waals surface area contributed by atoms with Crippen molar-refractivity contribution in [3.63, 3.8) is 0 Å². The van der Waals surface area contributed by atoms with E-state index in [1.54, 1.807) is 36.4 Å². The monoisotopic (exact) mass is 393 g/mol. The van der Waals surface area contributed by atoms with Gasteiger partial charge in [-0.25, -0.2) is 0 Å². The van der Waals surface area contributed by atoms with Crippen molar-refractivity contribution in [1.82, 2.24) is 16.0 Å². The predicted molar refractivity (Wildman–Crippen MR) is 108 cm³/mol. The summed E-state index contributed by atoms with van der Waals surface area (Å²) in [5.41, 5.74) is 8.55. The molecule has 7 heteroatoms. The highest BCUT2D eigenvalue weighted by atomic mass is 16.5. The fraction of sp³-hybridized carbons (Fsp3) is 0.227. The van der Waals surface area contributed by atoms with Crippen molar-refractivity contribution in [2.75, 3.05) is 0 Å². The summed E-state index contributed by atoms with van der Waals surface area (Å²) < 4.78 is 10.8. The number of aryl methyl sites for hydroxylation is 3. The summed E-state index contributed by atoms with van der Waals surface area (Å²) in [6.45, 7) is 6.07. The first-order chi connectivity index (χ1) is 14.0. The van der Waals surface area contributed by atoms with Crippen molar-refractivity contribution in [2.45, 2.75) is 33.8 Å². The Kier molecular flexibility index (Phi) is 6.29. The molecule has 0 spiro atoms. The maximum atomic E-state index is 12.2. The number of carbonyl (C=O) groups excluding carboxylic acids is 2. The van der Waals surface area contributed by atoms with Crippen LogP contribution in [0.25, 0.3) is 0 Å². The summed E-state index contributed by atoms with van der Waals surface area (Å²) in [5.74, 6) is 0.543. The third-order valence-corrected chi connectivity index (χ3v) is 4.59. The number of hydrogen-bond acceptors (Lipinski definition) is 5. The fourth-order valence-corrected chi connectivity index (χ4v) is 2.72. The number of benzene rings is 2. The zero-order valence-corrected chi connectivity index (χ0v) is 16.6. The van der Waals surface area contributed by atoms with E-state index in [4.69, 9.17) is 9.26 Å². The molecule has 2 N–H and O–H groups in total. The zero-order chi connectivity index (χ0) is 20.8. The van der Waals surface area contributed by atoms with Gasteiger partial charge in [-0.15, -0.1) is 0 Å². The van der Waals surface area contributed by atoms with E-state index < -0.39 is 5.91 Å². The van der Waals surface area contributed by atoms with Crippen LogP contribution in [0.1, 0.15) is 50.2 Å². The lowest BCUT2D eigenvalue weighted by Crippen LogP contribution is -2.41. The molecular formula is C22H23N3O4. The van der Waals surface area contributed by atoms with Gasteiger partial charge in [0, 0.05) is 11.1 Å². The SMILES string of the molecule is CCc1ccc(C(=O)NNC(=O)c2ccc(OCc3c(C)noc3C)cc2)cc1. The van der Waals surface area contributed by atoms with Gasteiger partial charge in [-0.05, 0) is 62.2 Å². The molecule has 1 heterocycles. The molecule has 0 atom stereocenters. The van der Waals surface area contributed by atoms with E-state index in [0.29, 0.717) is 23.5 Å². The summed E-state index contributed by atoms with van der Waals surface area (Å²) in [6, 6.07) is 13.9. The van der Waals surface area contributed by atoms with Crippen LogP contribution in [0.3, 0.4) is 0 Å². The third kappa shape index (κ3) is 5.01. The zero-order valence-electron chi connectivity index (χ0n) is 16.6. The summed E-state index contributed by atoms with van der Waals surface area (Å²) in [6.07, 6.45) is 0.899. The number of aromatic nitrogens is 1. The van der Waals surface area contributed by atoms with Crippen LogP contribution in [-0.2, 0) is 13.0 Å². The van der Waals surface area contributed by atoms with Crippen LogP contribution in [0.15, 0.2) is 53.1 Å². The second-order valence-corrected chi connectivity index (χ2v) is 6.57. The van der Waals surface area contributed by atoms with E-state index in [2.05, 4.69) is 16.0 Å². The number of rotatable bonds is 6. The van der Waals surface area contributed by atoms with Gasteiger partial charge in [0.1, 0.15) is 18.1 Å². The minimum Gasteiger partial charge on any atom is -0.489 e. The number of amides is 2. The van der Waals surface area contributed by atoms with Crippen LogP contribution in [0.2, 0.25) is 0 Å². The van der Waals surface area contributed by atoms with E-state index in [1.807, 2.05) is 32.9 Å². The molecule has 2 aromatic carbocycles. The Morgan fingerprint density at radius 1 is 0.931 bits per heavy atom. The maximum Gasteiger partial charge on any atom is 0.269 e. The Balaban J connectivity index is 1.52. The van der Waals surface area contributed by atoms with Gasteiger partial charge in [-0.1, -0.05) is 24.2 Å². The lowest BCUT2D eigenvalue weighted by atomic mass is 10.1.